The fourth-order valence-electron chi connectivity index (χ4n) is 5.10. The normalized spacial score (nSPS) is 21.9. The van der Waals surface area contributed by atoms with E-state index in [0.717, 1.165) is 55.9 Å². The maximum atomic E-state index is 12.9. The standard InChI is InChI=1S/C25H32ClN7O2S/c1-25(15-27)8-11-31(12-9-25)18-14-29-24(23(28)30-18)36-17-6-4-5-16(22(17)26)33-19-7-2-3-10-32(19)20(34)13-21(33)35/h4-6,13-14,19,34H,2-3,7-12,15,27H2,1H3,(H2,28,30). The van der Waals surface area contributed by atoms with Crippen molar-refractivity contribution in [1.82, 2.24) is 14.9 Å². The quantitative estimate of drug-likeness (QED) is 0.527. The first-order chi connectivity index (χ1) is 17.3. The number of fused-ring (bicyclic) bond motifs is 1. The Kier molecular flexibility index (Phi) is 6.93. The topological polar surface area (TPSA) is 125 Å². The third-order valence-corrected chi connectivity index (χ3v) is 9.08. The molecule has 0 saturated carbocycles. The molecule has 5 rings (SSSR count). The molecule has 1 unspecified atom stereocenters. The van der Waals surface area contributed by atoms with Crippen LogP contribution >= 0.6 is 23.4 Å². The summed E-state index contributed by atoms with van der Waals surface area (Å²) in [4.78, 5) is 28.6. The summed E-state index contributed by atoms with van der Waals surface area (Å²) in [6.07, 6.45) is 7.47. The zero-order valence-corrected chi connectivity index (χ0v) is 21.9. The molecule has 1 aromatic carbocycles. The number of hydrogen-bond acceptors (Lipinski definition) is 9. The van der Waals surface area contributed by atoms with Crippen molar-refractivity contribution >= 4 is 46.6 Å². The van der Waals surface area contributed by atoms with Crippen LogP contribution in [-0.4, -0.2) is 58.2 Å². The van der Waals surface area contributed by atoms with Gasteiger partial charge < -0.3 is 26.4 Å². The number of benzene rings is 1. The van der Waals surface area contributed by atoms with E-state index >= 15 is 0 Å². The molecule has 3 aliphatic heterocycles. The Morgan fingerprint density at radius 2 is 2.03 bits per heavy atom. The highest BCUT2D eigenvalue weighted by atomic mass is 35.5. The number of nitrogens with zero attached hydrogens (tertiary/aromatic N) is 5. The van der Waals surface area contributed by atoms with Crippen LogP contribution in [0.2, 0.25) is 5.02 Å². The average molecular weight is 530 g/mol. The van der Waals surface area contributed by atoms with Gasteiger partial charge in [0.15, 0.2) is 11.7 Å². The van der Waals surface area contributed by atoms with Crippen LogP contribution in [0.3, 0.4) is 0 Å². The van der Waals surface area contributed by atoms with Crippen LogP contribution in [0.15, 0.2) is 46.3 Å². The number of nitrogens with two attached hydrogens (primary N) is 2. The number of amides is 1. The van der Waals surface area contributed by atoms with Crippen LogP contribution in [0.1, 0.15) is 39.0 Å². The molecule has 11 heteroatoms. The van der Waals surface area contributed by atoms with Gasteiger partial charge in [-0.2, -0.15) is 0 Å². The molecule has 4 heterocycles. The average Bonchev–Trinajstić information content (AvgIpc) is 2.88. The maximum Gasteiger partial charge on any atom is 0.258 e. The highest BCUT2D eigenvalue weighted by Gasteiger charge is 2.38. The first-order valence-electron chi connectivity index (χ1n) is 12.3. The molecule has 0 spiro atoms. The summed E-state index contributed by atoms with van der Waals surface area (Å²) in [6, 6.07) is 5.57. The minimum absolute atomic E-state index is 0.0205. The Morgan fingerprint density at radius 3 is 2.75 bits per heavy atom. The first-order valence-corrected chi connectivity index (χ1v) is 13.5. The van der Waals surface area contributed by atoms with Crippen molar-refractivity contribution in [2.75, 3.05) is 41.7 Å². The minimum atomic E-state index is -0.282. The molecule has 0 radical (unpaired) electrons. The number of hydrogen-bond donors (Lipinski definition) is 3. The Hall–Kier alpha value is -2.69. The second kappa shape index (κ2) is 9.99. The summed E-state index contributed by atoms with van der Waals surface area (Å²) in [5, 5.41) is 11.3. The molecule has 0 bridgehead atoms. The SMILES string of the molecule is CC1(CN)CCN(c2cnc(Sc3cccc(N4C(=O)C=C(O)N5CCCCC54)c3Cl)c(N)n2)CC1. The molecule has 0 aliphatic carbocycles. The zero-order chi connectivity index (χ0) is 25.4. The fourth-order valence-corrected chi connectivity index (χ4v) is 6.24. The summed E-state index contributed by atoms with van der Waals surface area (Å²) in [7, 11) is 0. The van der Waals surface area contributed by atoms with Gasteiger partial charge in [0.1, 0.15) is 17.0 Å². The number of carbonyl (C=O) groups is 1. The van der Waals surface area contributed by atoms with Crippen LogP contribution < -0.4 is 21.3 Å². The van der Waals surface area contributed by atoms with Crippen LogP contribution in [0.4, 0.5) is 17.3 Å². The molecule has 2 fully saturated rings. The van der Waals surface area contributed by atoms with Gasteiger partial charge in [-0.25, -0.2) is 9.97 Å². The van der Waals surface area contributed by atoms with Gasteiger partial charge in [0.2, 0.25) is 0 Å². The number of aliphatic hydroxyl groups is 1. The number of halogens is 1. The number of rotatable bonds is 5. The lowest BCUT2D eigenvalue weighted by Crippen LogP contribution is -2.55. The maximum absolute atomic E-state index is 12.9. The molecule has 3 aliphatic rings. The summed E-state index contributed by atoms with van der Waals surface area (Å²) in [5.41, 5.74) is 13.0. The van der Waals surface area contributed by atoms with E-state index in [1.165, 1.54) is 17.8 Å². The summed E-state index contributed by atoms with van der Waals surface area (Å²) in [5.74, 6) is 0.841. The van der Waals surface area contributed by atoms with Gasteiger partial charge in [0.25, 0.3) is 5.91 Å². The fraction of sp³-hybridized carbons (Fsp3) is 0.480. The third kappa shape index (κ3) is 4.69. The summed E-state index contributed by atoms with van der Waals surface area (Å²) >= 11 is 8.17. The van der Waals surface area contributed by atoms with Gasteiger partial charge in [-0.05, 0) is 56.2 Å². The van der Waals surface area contributed by atoms with Gasteiger partial charge in [-0.1, -0.05) is 36.4 Å². The van der Waals surface area contributed by atoms with Gasteiger partial charge in [0, 0.05) is 24.5 Å². The van der Waals surface area contributed by atoms with Crippen molar-refractivity contribution in [3.8, 4) is 0 Å². The Bertz CT molecular complexity index is 1180. The Balaban J connectivity index is 1.36. The van der Waals surface area contributed by atoms with Crippen LogP contribution in [0.25, 0.3) is 0 Å². The summed E-state index contributed by atoms with van der Waals surface area (Å²) < 4.78 is 0. The van der Waals surface area contributed by atoms with E-state index in [4.69, 9.17) is 23.1 Å². The lowest BCUT2D eigenvalue weighted by molar-refractivity contribution is -0.117. The molecule has 9 nitrogen and oxygen atoms in total. The summed E-state index contributed by atoms with van der Waals surface area (Å²) in [6.45, 7) is 5.35. The smallest absolute Gasteiger partial charge is 0.258 e. The van der Waals surface area contributed by atoms with E-state index in [1.54, 1.807) is 11.1 Å². The van der Waals surface area contributed by atoms with Crippen LogP contribution in [-0.2, 0) is 4.79 Å². The van der Waals surface area contributed by atoms with Crippen LogP contribution in [0, 0.1) is 5.41 Å². The first kappa shape index (κ1) is 25.0. The molecule has 36 heavy (non-hydrogen) atoms. The zero-order valence-electron chi connectivity index (χ0n) is 20.4. The van der Waals surface area contributed by atoms with Gasteiger partial charge in [-0.3, -0.25) is 9.69 Å². The monoisotopic (exact) mass is 529 g/mol. The van der Waals surface area contributed by atoms with Crippen molar-refractivity contribution in [1.29, 1.82) is 0 Å². The van der Waals surface area contributed by atoms with Crippen molar-refractivity contribution in [2.24, 2.45) is 11.1 Å². The highest BCUT2D eigenvalue weighted by molar-refractivity contribution is 7.99. The van der Waals surface area contributed by atoms with Crippen molar-refractivity contribution in [3.05, 3.63) is 41.4 Å². The molecule has 2 aromatic rings. The van der Waals surface area contributed by atoms with E-state index in [2.05, 4.69) is 21.8 Å². The van der Waals surface area contributed by atoms with Crippen LogP contribution in [0.5, 0.6) is 0 Å². The minimum Gasteiger partial charge on any atom is -0.494 e. The molecule has 192 valence electrons. The number of anilines is 3. The van der Waals surface area contributed by atoms with Gasteiger partial charge in [-0.15, -0.1) is 0 Å². The highest BCUT2D eigenvalue weighted by Crippen LogP contribution is 2.42. The lowest BCUT2D eigenvalue weighted by atomic mass is 9.80. The van der Waals surface area contributed by atoms with E-state index in [0.29, 0.717) is 34.6 Å². The Labute approximate surface area is 220 Å². The van der Waals surface area contributed by atoms with E-state index in [9.17, 15) is 9.90 Å². The second-order valence-corrected chi connectivity index (χ2v) is 11.4. The van der Waals surface area contributed by atoms with E-state index in [1.807, 2.05) is 23.1 Å². The molecule has 1 aromatic heterocycles. The Morgan fingerprint density at radius 1 is 1.25 bits per heavy atom. The largest absolute Gasteiger partial charge is 0.494 e. The van der Waals surface area contributed by atoms with E-state index < -0.39 is 0 Å². The number of nitrogen functional groups attached to an aromatic ring is 1. The number of piperidine rings is 2. The molecule has 5 N–H and O–H groups in total. The lowest BCUT2D eigenvalue weighted by Gasteiger charge is -2.45. The third-order valence-electron chi connectivity index (χ3n) is 7.50. The van der Waals surface area contributed by atoms with Crippen molar-refractivity contribution in [2.45, 2.75) is 55.1 Å². The predicted octanol–water partition coefficient (Wildman–Crippen LogP) is 3.99. The van der Waals surface area contributed by atoms with Gasteiger partial charge >= 0.3 is 0 Å². The molecule has 2 saturated heterocycles. The predicted molar refractivity (Wildman–Crippen MR) is 143 cm³/mol. The number of carbonyl (C=O) groups excluding carboxylic acids is 1. The second-order valence-electron chi connectivity index (χ2n) is 9.99. The van der Waals surface area contributed by atoms with Crippen molar-refractivity contribution in [3.63, 3.8) is 0 Å². The molecule has 1 amide bonds. The molecule has 1 atom stereocenters. The molecular weight excluding hydrogens is 498 g/mol. The molecular formula is C25H32ClN7O2S. The number of aliphatic hydroxyl groups excluding tert-OH is 1. The van der Waals surface area contributed by atoms with Gasteiger partial charge in [0.05, 0.1) is 23.0 Å². The van der Waals surface area contributed by atoms with E-state index in [-0.39, 0.29) is 23.4 Å². The number of aromatic nitrogens is 2. The van der Waals surface area contributed by atoms with Crippen molar-refractivity contribution < 1.29 is 9.90 Å².